The average molecular weight is 333 g/mol. The fourth-order valence-corrected chi connectivity index (χ4v) is 2.87. The Bertz CT molecular complexity index is 596. The predicted molar refractivity (Wildman–Crippen MR) is 93.0 cm³/mol. The Hall–Kier alpha value is -2.00. The Morgan fingerprint density at radius 2 is 1.91 bits per heavy atom. The molecule has 2 amide bonds. The molecule has 0 heterocycles. The van der Waals surface area contributed by atoms with Crippen LogP contribution in [-0.4, -0.2) is 23.6 Å². The van der Waals surface area contributed by atoms with Gasteiger partial charge in [-0.15, -0.1) is 11.8 Å². The third kappa shape index (κ3) is 6.33. The zero-order valence-electron chi connectivity index (χ0n) is 13.9. The Morgan fingerprint density at radius 3 is 2.48 bits per heavy atom. The van der Waals surface area contributed by atoms with Crippen molar-refractivity contribution in [3.63, 3.8) is 0 Å². The number of thioether (sulfide) groups is 1. The minimum Gasteiger partial charge on any atom is -0.344 e. The van der Waals surface area contributed by atoms with E-state index in [0.29, 0.717) is 11.4 Å². The zero-order valence-corrected chi connectivity index (χ0v) is 14.7. The summed E-state index contributed by atoms with van der Waals surface area (Å²) in [5, 5.41) is 14.4. The number of carbonyl (C=O) groups excluding carboxylic acids is 2. The number of rotatable bonds is 7. The van der Waals surface area contributed by atoms with Gasteiger partial charge in [0.2, 0.25) is 11.8 Å². The Labute approximate surface area is 141 Å². The third-order valence-corrected chi connectivity index (χ3v) is 4.50. The summed E-state index contributed by atoms with van der Waals surface area (Å²) < 4.78 is 0. The molecule has 0 aliphatic heterocycles. The van der Waals surface area contributed by atoms with Crippen LogP contribution in [0, 0.1) is 23.2 Å². The summed E-state index contributed by atoms with van der Waals surface area (Å²) in [5.41, 5.74) is 0.698. The first-order chi connectivity index (χ1) is 10.8. The largest absolute Gasteiger partial charge is 0.344 e. The van der Waals surface area contributed by atoms with Crippen LogP contribution < -0.4 is 10.6 Å². The van der Waals surface area contributed by atoms with E-state index in [4.69, 9.17) is 5.26 Å². The highest BCUT2D eigenvalue weighted by Crippen LogP contribution is 2.28. The summed E-state index contributed by atoms with van der Waals surface area (Å²) in [7, 11) is 0. The van der Waals surface area contributed by atoms with Crippen molar-refractivity contribution in [3.8, 4) is 6.07 Å². The molecule has 0 aliphatic rings. The molecule has 2 N–H and O–H groups in total. The molecule has 124 valence electrons. The molecular weight excluding hydrogens is 310 g/mol. The number of hydrogen-bond acceptors (Lipinski definition) is 4. The molecule has 1 aromatic rings. The molecule has 0 radical (unpaired) electrons. The fourth-order valence-electron chi connectivity index (χ4n) is 1.91. The number of anilines is 1. The molecule has 0 spiro atoms. The highest BCUT2D eigenvalue weighted by molar-refractivity contribution is 7.99. The maximum Gasteiger partial charge on any atom is 0.247 e. The van der Waals surface area contributed by atoms with Crippen LogP contribution in [0.5, 0.6) is 0 Å². The molecule has 0 saturated heterocycles. The monoisotopic (exact) mass is 333 g/mol. The van der Waals surface area contributed by atoms with E-state index < -0.39 is 6.04 Å². The molecule has 1 aromatic carbocycles. The van der Waals surface area contributed by atoms with Crippen molar-refractivity contribution in [2.75, 3.05) is 11.1 Å². The smallest absolute Gasteiger partial charge is 0.247 e. The van der Waals surface area contributed by atoms with Gasteiger partial charge in [-0.1, -0.05) is 26.0 Å². The number of nitrogens with zero attached hydrogens (tertiary/aromatic N) is 1. The molecule has 0 bridgehead atoms. The van der Waals surface area contributed by atoms with Gasteiger partial charge >= 0.3 is 0 Å². The van der Waals surface area contributed by atoms with Gasteiger partial charge in [0.25, 0.3) is 0 Å². The van der Waals surface area contributed by atoms with E-state index in [1.165, 1.54) is 18.7 Å². The summed E-state index contributed by atoms with van der Waals surface area (Å²) in [6.45, 7) is 7.03. The van der Waals surface area contributed by atoms with E-state index in [1.807, 2.05) is 45.0 Å². The second-order valence-electron chi connectivity index (χ2n) is 5.75. The van der Waals surface area contributed by atoms with Gasteiger partial charge in [0.1, 0.15) is 6.04 Å². The second-order valence-corrected chi connectivity index (χ2v) is 6.81. The Morgan fingerprint density at radius 1 is 1.26 bits per heavy atom. The van der Waals surface area contributed by atoms with Crippen LogP contribution in [0.4, 0.5) is 5.69 Å². The van der Waals surface area contributed by atoms with Crippen LogP contribution in [0.25, 0.3) is 0 Å². The van der Waals surface area contributed by atoms with Crippen molar-refractivity contribution in [2.24, 2.45) is 11.8 Å². The lowest BCUT2D eigenvalue weighted by molar-refractivity contribution is -0.126. The van der Waals surface area contributed by atoms with Crippen LogP contribution in [0.2, 0.25) is 0 Å². The summed E-state index contributed by atoms with van der Waals surface area (Å²) in [4.78, 5) is 24.6. The topological polar surface area (TPSA) is 82.0 Å². The van der Waals surface area contributed by atoms with Crippen molar-refractivity contribution in [1.82, 2.24) is 5.32 Å². The van der Waals surface area contributed by atoms with Gasteiger partial charge in [-0.05, 0) is 25.0 Å². The normalized spacial score (nSPS) is 13.0. The molecule has 0 aromatic heterocycles. The van der Waals surface area contributed by atoms with E-state index in [0.717, 1.165) is 4.90 Å². The molecular formula is C17H23N3O2S. The van der Waals surface area contributed by atoms with Gasteiger partial charge in [0.05, 0.1) is 17.7 Å². The van der Waals surface area contributed by atoms with Gasteiger partial charge in [0, 0.05) is 17.6 Å². The number of amides is 2. The van der Waals surface area contributed by atoms with Crippen LogP contribution in [0.3, 0.4) is 0 Å². The number of para-hydroxylation sites is 1. The molecule has 0 saturated carbocycles. The van der Waals surface area contributed by atoms with Crippen LogP contribution >= 0.6 is 11.8 Å². The van der Waals surface area contributed by atoms with Gasteiger partial charge in [-0.3, -0.25) is 9.59 Å². The average Bonchev–Trinajstić information content (AvgIpc) is 2.50. The Balaban J connectivity index is 2.84. The first-order valence-corrected chi connectivity index (χ1v) is 8.53. The second kappa shape index (κ2) is 9.21. The lowest BCUT2D eigenvalue weighted by Crippen LogP contribution is -2.46. The molecule has 23 heavy (non-hydrogen) atoms. The third-order valence-electron chi connectivity index (χ3n) is 3.16. The van der Waals surface area contributed by atoms with Crippen molar-refractivity contribution in [2.45, 2.75) is 38.6 Å². The van der Waals surface area contributed by atoms with Crippen molar-refractivity contribution < 1.29 is 9.59 Å². The van der Waals surface area contributed by atoms with E-state index >= 15 is 0 Å². The van der Waals surface area contributed by atoms with E-state index in [1.54, 1.807) is 0 Å². The fraction of sp³-hybridized carbons (Fsp3) is 0.471. The maximum atomic E-state index is 12.4. The van der Waals surface area contributed by atoms with Crippen LogP contribution in [0.1, 0.15) is 27.7 Å². The van der Waals surface area contributed by atoms with Crippen LogP contribution in [-0.2, 0) is 9.59 Å². The maximum absolute atomic E-state index is 12.4. The highest BCUT2D eigenvalue weighted by Gasteiger charge is 2.23. The number of carbonyl (C=O) groups is 2. The summed E-state index contributed by atoms with van der Waals surface area (Å²) in [5.74, 6) is 0.104. The highest BCUT2D eigenvalue weighted by atomic mass is 32.2. The standard InChI is InChI=1S/C17H23N3O2S/c1-11(2)16(19-13(4)21)17(22)20-14-7-5-6-8-15(14)23-10-12(3)9-18/h5-8,11-12,16H,10H2,1-4H3,(H,19,21)(H,20,22). The predicted octanol–water partition coefficient (Wildman–Crippen LogP) is 3.04. The number of nitrogens with one attached hydrogen (secondary N) is 2. The number of nitriles is 1. The summed E-state index contributed by atoms with van der Waals surface area (Å²) in [6, 6.07) is 9.08. The van der Waals surface area contributed by atoms with Crippen LogP contribution in [0.15, 0.2) is 29.2 Å². The first kappa shape index (κ1) is 19.0. The van der Waals surface area contributed by atoms with Gasteiger partial charge in [0.15, 0.2) is 0 Å². The lowest BCUT2D eigenvalue weighted by Gasteiger charge is -2.21. The molecule has 5 nitrogen and oxygen atoms in total. The number of hydrogen-bond donors (Lipinski definition) is 2. The van der Waals surface area contributed by atoms with Crippen molar-refractivity contribution in [1.29, 1.82) is 5.26 Å². The molecule has 6 heteroatoms. The minimum absolute atomic E-state index is 0.0164. The van der Waals surface area contributed by atoms with Gasteiger partial charge < -0.3 is 10.6 Å². The lowest BCUT2D eigenvalue weighted by atomic mass is 10.0. The first-order valence-electron chi connectivity index (χ1n) is 7.54. The number of benzene rings is 1. The Kier molecular flexibility index (Phi) is 7.63. The summed E-state index contributed by atoms with van der Waals surface area (Å²) >= 11 is 1.53. The van der Waals surface area contributed by atoms with E-state index in [2.05, 4.69) is 16.7 Å². The van der Waals surface area contributed by atoms with Gasteiger partial charge in [-0.25, -0.2) is 0 Å². The SMILES string of the molecule is CC(=O)NC(C(=O)Nc1ccccc1SCC(C)C#N)C(C)C. The van der Waals surface area contributed by atoms with Crippen molar-refractivity contribution in [3.05, 3.63) is 24.3 Å². The zero-order chi connectivity index (χ0) is 17.4. The molecule has 2 atom stereocenters. The summed E-state index contributed by atoms with van der Waals surface area (Å²) in [6.07, 6.45) is 0. The quantitative estimate of drug-likeness (QED) is 0.751. The minimum atomic E-state index is -0.580. The van der Waals surface area contributed by atoms with Crippen molar-refractivity contribution >= 4 is 29.3 Å². The molecule has 2 unspecified atom stereocenters. The molecule has 1 rings (SSSR count). The molecule has 0 aliphatic carbocycles. The van der Waals surface area contributed by atoms with Gasteiger partial charge in [-0.2, -0.15) is 5.26 Å². The van der Waals surface area contributed by atoms with E-state index in [-0.39, 0.29) is 23.7 Å². The van der Waals surface area contributed by atoms with E-state index in [9.17, 15) is 9.59 Å². The molecule has 0 fully saturated rings.